The third kappa shape index (κ3) is 5.71. The van der Waals surface area contributed by atoms with Crippen LogP contribution in [0.25, 0.3) is 0 Å². The van der Waals surface area contributed by atoms with Crippen LogP contribution in [0.5, 0.6) is 0 Å². The average Bonchev–Trinajstić information content (AvgIpc) is 2.40. The van der Waals surface area contributed by atoms with Gasteiger partial charge in [-0.2, -0.15) is 0 Å². The van der Waals surface area contributed by atoms with Crippen molar-refractivity contribution in [2.75, 3.05) is 11.5 Å². The second-order valence-electron chi connectivity index (χ2n) is 5.12. The lowest BCUT2D eigenvalue weighted by molar-refractivity contribution is 0.579. The molecule has 0 aromatic heterocycles. The van der Waals surface area contributed by atoms with Gasteiger partial charge in [0.1, 0.15) is 0 Å². The zero-order chi connectivity index (χ0) is 15.0. The van der Waals surface area contributed by atoms with Crippen LogP contribution in [0.3, 0.4) is 0 Å². The third-order valence-corrected chi connectivity index (χ3v) is 5.47. The molecule has 5 heteroatoms. The molecule has 0 atom stereocenters. The lowest BCUT2D eigenvalue weighted by Gasteiger charge is -2.06. The van der Waals surface area contributed by atoms with Gasteiger partial charge in [-0.15, -0.1) is 0 Å². The van der Waals surface area contributed by atoms with E-state index in [-0.39, 0.29) is 10.6 Å². The van der Waals surface area contributed by atoms with Crippen LogP contribution in [0.4, 0.5) is 5.69 Å². The van der Waals surface area contributed by atoms with Crippen LogP contribution in [0.2, 0.25) is 5.02 Å². The van der Waals surface area contributed by atoms with E-state index < -0.39 is 9.84 Å². The molecule has 114 valence electrons. The number of halogens is 1. The summed E-state index contributed by atoms with van der Waals surface area (Å²) >= 11 is 5.86. The molecule has 0 aliphatic heterocycles. The van der Waals surface area contributed by atoms with Crippen molar-refractivity contribution in [3.8, 4) is 0 Å². The number of rotatable bonds is 9. The monoisotopic (exact) mass is 317 g/mol. The highest BCUT2D eigenvalue weighted by molar-refractivity contribution is 7.91. The van der Waals surface area contributed by atoms with Crippen LogP contribution >= 0.6 is 11.6 Å². The van der Waals surface area contributed by atoms with E-state index in [4.69, 9.17) is 17.3 Å². The molecule has 0 bridgehead atoms. The normalized spacial score (nSPS) is 11.7. The summed E-state index contributed by atoms with van der Waals surface area (Å²) in [4.78, 5) is 0.266. The maximum Gasteiger partial charge on any atom is 0.178 e. The van der Waals surface area contributed by atoms with Crippen molar-refractivity contribution in [2.24, 2.45) is 0 Å². The first-order valence-corrected chi connectivity index (χ1v) is 9.28. The van der Waals surface area contributed by atoms with Gasteiger partial charge in [0.2, 0.25) is 0 Å². The Bertz CT molecular complexity index is 515. The molecule has 1 aromatic rings. The summed E-state index contributed by atoms with van der Waals surface area (Å²) in [5.74, 6) is 0.182. The summed E-state index contributed by atoms with van der Waals surface area (Å²) in [5, 5.41) is 0.297. The Morgan fingerprint density at radius 1 is 1.05 bits per heavy atom. The predicted octanol–water partition coefficient (Wildman–Crippen LogP) is 4.45. The summed E-state index contributed by atoms with van der Waals surface area (Å²) in [5.41, 5.74) is 5.99. The molecule has 0 aliphatic carbocycles. The molecule has 0 fully saturated rings. The number of hydrogen-bond donors (Lipinski definition) is 1. The van der Waals surface area contributed by atoms with Crippen LogP contribution in [0, 0.1) is 0 Å². The van der Waals surface area contributed by atoms with Crippen molar-refractivity contribution in [2.45, 2.75) is 56.8 Å². The van der Waals surface area contributed by atoms with Crippen molar-refractivity contribution >= 4 is 27.1 Å². The molecule has 3 nitrogen and oxygen atoms in total. The summed E-state index contributed by atoms with van der Waals surface area (Å²) in [6, 6.07) is 4.51. The summed E-state index contributed by atoms with van der Waals surface area (Å²) in [6.07, 6.45) is 7.72. The molecule has 0 spiro atoms. The second kappa shape index (κ2) is 8.53. The van der Waals surface area contributed by atoms with Crippen LogP contribution in [0.1, 0.15) is 51.9 Å². The number of unbranched alkanes of at least 4 members (excludes halogenated alkanes) is 6. The van der Waals surface area contributed by atoms with Gasteiger partial charge in [-0.3, -0.25) is 0 Å². The Morgan fingerprint density at radius 2 is 1.65 bits per heavy atom. The molecule has 2 N–H and O–H groups in total. The molecule has 20 heavy (non-hydrogen) atoms. The van der Waals surface area contributed by atoms with Crippen LogP contribution in [0.15, 0.2) is 23.1 Å². The van der Waals surface area contributed by atoms with Crippen molar-refractivity contribution < 1.29 is 8.42 Å². The van der Waals surface area contributed by atoms with Gasteiger partial charge in [0.05, 0.1) is 21.4 Å². The maximum atomic E-state index is 12.1. The fraction of sp³-hybridized carbons (Fsp3) is 0.600. The molecule has 1 rings (SSSR count). The van der Waals surface area contributed by atoms with E-state index in [9.17, 15) is 8.42 Å². The first kappa shape index (κ1) is 17.3. The molecule has 0 heterocycles. The van der Waals surface area contributed by atoms with Gasteiger partial charge in [0, 0.05) is 0 Å². The first-order chi connectivity index (χ1) is 9.47. The Hall–Kier alpha value is -0.740. The number of benzene rings is 1. The van der Waals surface area contributed by atoms with E-state index in [0.717, 1.165) is 12.8 Å². The van der Waals surface area contributed by atoms with Gasteiger partial charge in [-0.25, -0.2) is 8.42 Å². The topological polar surface area (TPSA) is 60.2 Å². The van der Waals surface area contributed by atoms with Gasteiger partial charge < -0.3 is 5.73 Å². The van der Waals surface area contributed by atoms with E-state index in [2.05, 4.69) is 6.92 Å². The van der Waals surface area contributed by atoms with Crippen molar-refractivity contribution in [3.05, 3.63) is 23.2 Å². The third-order valence-electron chi connectivity index (χ3n) is 3.35. The smallest absolute Gasteiger partial charge is 0.178 e. The standard InChI is InChI=1S/C15H24ClNO2S/c1-2-3-4-5-6-7-8-11-20(18,19)13-9-10-15(17)14(16)12-13/h9-10,12H,2-8,11,17H2,1H3. The fourth-order valence-corrected chi connectivity index (χ4v) is 3.71. The maximum absolute atomic E-state index is 12.1. The molecule has 0 unspecified atom stereocenters. The number of nitrogen functional groups attached to an aromatic ring is 1. The van der Waals surface area contributed by atoms with E-state index in [1.807, 2.05) is 0 Å². The van der Waals surface area contributed by atoms with E-state index in [1.165, 1.54) is 37.8 Å². The van der Waals surface area contributed by atoms with E-state index >= 15 is 0 Å². The summed E-state index contributed by atoms with van der Waals surface area (Å²) in [6.45, 7) is 2.18. The number of sulfone groups is 1. The number of anilines is 1. The predicted molar refractivity (Wildman–Crippen MR) is 85.9 cm³/mol. The average molecular weight is 318 g/mol. The molecule has 0 saturated carbocycles. The van der Waals surface area contributed by atoms with E-state index in [1.54, 1.807) is 6.07 Å². The van der Waals surface area contributed by atoms with E-state index in [0.29, 0.717) is 17.1 Å². The minimum atomic E-state index is -3.24. The minimum absolute atomic E-state index is 0.182. The fourth-order valence-electron chi connectivity index (χ4n) is 2.07. The highest BCUT2D eigenvalue weighted by Crippen LogP contribution is 2.23. The SMILES string of the molecule is CCCCCCCCCS(=O)(=O)c1ccc(N)c(Cl)c1. The zero-order valence-electron chi connectivity index (χ0n) is 12.1. The van der Waals surface area contributed by atoms with Crippen molar-refractivity contribution in [3.63, 3.8) is 0 Å². The molecule has 0 saturated heterocycles. The molecule has 1 aromatic carbocycles. The molecular formula is C15H24ClNO2S. The summed E-state index contributed by atoms with van der Waals surface area (Å²) < 4.78 is 24.3. The molecular weight excluding hydrogens is 294 g/mol. The highest BCUT2D eigenvalue weighted by atomic mass is 35.5. The summed E-state index contributed by atoms with van der Waals surface area (Å²) in [7, 11) is -3.24. The van der Waals surface area contributed by atoms with Gasteiger partial charge in [0.15, 0.2) is 9.84 Å². The largest absolute Gasteiger partial charge is 0.398 e. The van der Waals surface area contributed by atoms with Gasteiger partial charge in [-0.1, -0.05) is 57.0 Å². The Kier molecular flexibility index (Phi) is 7.38. The zero-order valence-corrected chi connectivity index (χ0v) is 13.6. The Balaban J connectivity index is 2.40. The minimum Gasteiger partial charge on any atom is -0.398 e. The lowest BCUT2D eigenvalue weighted by Crippen LogP contribution is -2.07. The van der Waals surface area contributed by atoms with Crippen LogP contribution in [-0.4, -0.2) is 14.2 Å². The first-order valence-electron chi connectivity index (χ1n) is 7.25. The lowest BCUT2D eigenvalue weighted by atomic mass is 10.1. The van der Waals surface area contributed by atoms with Crippen molar-refractivity contribution in [1.29, 1.82) is 0 Å². The molecule has 0 aliphatic rings. The van der Waals surface area contributed by atoms with Gasteiger partial charge in [0.25, 0.3) is 0 Å². The molecule has 0 amide bonds. The van der Waals surface area contributed by atoms with Crippen molar-refractivity contribution in [1.82, 2.24) is 0 Å². The van der Waals surface area contributed by atoms with Crippen LogP contribution < -0.4 is 5.73 Å². The molecule has 0 radical (unpaired) electrons. The van der Waals surface area contributed by atoms with Gasteiger partial charge in [-0.05, 0) is 24.6 Å². The Labute approximate surface area is 127 Å². The van der Waals surface area contributed by atoms with Gasteiger partial charge >= 0.3 is 0 Å². The number of nitrogens with two attached hydrogens (primary N) is 1. The quantitative estimate of drug-likeness (QED) is 0.541. The second-order valence-corrected chi connectivity index (χ2v) is 7.64. The van der Waals surface area contributed by atoms with Crippen LogP contribution in [-0.2, 0) is 9.84 Å². The highest BCUT2D eigenvalue weighted by Gasteiger charge is 2.15. The Morgan fingerprint density at radius 3 is 2.25 bits per heavy atom. The number of hydrogen-bond acceptors (Lipinski definition) is 3.